The highest BCUT2D eigenvalue weighted by molar-refractivity contribution is 7.99. The molecule has 0 aliphatic carbocycles. The Bertz CT molecular complexity index is 337. The van der Waals surface area contributed by atoms with Crippen LogP contribution < -0.4 is 5.32 Å². The Labute approximate surface area is 105 Å². The normalized spacial score (nSPS) is 21.4. The summed E-state index contributed by atoms with van der Waals surface area (Å²) in [4.78, 5) is 0. The Hall–Kier alpha value is -0.610. The molecule has 1 saturated heterocycles. The van der Waals surface area contributed by atoms with Crippen molar-refractivity contribution in [3.63, 3.8) is 0 Å². The molecule has 1 aromatic rings. The number of nitrogens with one attached hydrogen (secondary N) is 1. The molecule has 4 heteroatoms. The average Bonchev–Trinajstić information content (AvgIpc) is 2.39. The molecule has 2 rings (SSSR count). The molecule has 0 saturated carbocycles. The second-order valence-corrected chi connectivity index (χ2v) is 5.52. The van der Waals surface area contributed by atoms with E-state index >= 15 is 0 Å². The standard InChI is InChI=1S/C13H17F2NS/c14-13(15,11-5-2-1-3-6-11)10-16-12-7-4-8-17-9-12/h1-3,5-6,12,16H,4,7-10H2. The van der Waals surface area contributed by atoms with Crippen molar-refractivity contribution >= 4 is 11.8 Å². The van der Waals surface area contributed by atoms with Gasteiger partial charge in [0.25, 0.3) is 5.92 Å². The van der Waals surface area contributed by atoms with Crippen molar-refractivity contribution in [1.82, 2.24) is 5.32 Å². The van der Waals surface area contributed by atoms with Crippen molar-refractivity contribution in [2.75, 3.05) is 18.1 Å². The van der Waals surface area contributed by atoms with Gasteiger partial charge in [-0.05, 0) is 18.6 Å². The van der Waals surface area contributed by atoms with Gasteiger partial charge in [0, 0.05) is 17.4 Å². The summed E-state index contributed by atoms with van der Waals surface area (Å²) in [5, 5.41) is 2.99. The molecule has 1 N–H and O–H groups in total. The molecular formula is C13H17F2NS. The van der Waals surface area contributed by atoms with E-state index in [2.05, 4.69) is 5.32 Å². The van der Waals surface area contributed by atoms with E-state index < -0.39 is 5.92 Å². The molecule has 1 heterocycles. The van der Waals surface area contributed by atoms with Crippen molar-refractivity contribution in [2.24, 2.45) is 0 Å². The minimum atomic E-state index is -2.77. The Morgan fingerprint density at radius 2 is 2.06 bits per heavy atom. The molecule has 1 aromatic carbocycles. The van der Waals surface area contributed by atoms with Crippen LogP contribution in [0, 0.1) is 0 Å². The summed E-state index contributed by atoms with van der Waals surface area (Å²) >= 11 is 1.84. The fraction of sp³-hybridized carbons (Fsp3) is 0.538. The highest BCUT2D eigenvalue weighted by Gasteiger charge is 2.31. The summed E-state index contributed by atoms with van der Waals surface area (Å²) in [6.07, 6.45) is 2.14. The van der Waals surface area contributed by atoms with Crippen LogP contribution in [-0.2, 0) is 5.92 Å². The molecule has 0 bridgehead atoms. The number of hydrogen-bond donors (Lipinski definition) is 1. The van der Waals surface area contributed by atoms with E-state index in [0.717, 1.165) is 24.3 Å². The minimum Gasteiger partial charge on any atom is -0.307 e. The molecule has 1 fully saturated rings. The van der Waals surface area contributed by atoms with Gasteiger partial charge < -0.3 is 5.32 Å². The number of hydrogen-bond acceptors (Lipinski definition) is 2. The van der Waals surface area contributed by atoms with Crippen LogP contribution >= 0.6 is 11.8 Å². The summed E-state index contributed by atoms with van der Waals surface area (Å²) in [7, 11) is 0. The molecule has 0 amide bonds. The molecule has 0 aromatic heterocycles. The van der Waals surface area contributed by atoms with Crippen molar-refractivity contribution in [1.29, 1.82) is 0 Å². The molecule has 1 aliphatic rings. The lowest BCUT2D eigenvalue weighted by molar-refractivity contribution is -0.00542. The van der Waals surface area contributed by atoms with Gasteiger partial charge in [-0.2, -0.15) is 20.5 Å². The van der Waals surface area contributed by atoms with Gasteiger partial charge in [-0.3, -0.25) is 0 Å². The van der Waals surface area contributed by atoms with E-state index in [0.29, 0.717) is 0 Å². The molecule has 0 radical (unpaired) electrons. The maximum Gasteiger partial charge on any atom is 0.285 e. The maximum atomic E-state index is 13.8. The highest BCUT2D eigenvalue weighted by atomic mass is 32.2. The Kier molecular flexibility index (Phi) is 4.40. The van der Waals surface area contributed by atoms with E-state index in [1.165, 1.54) is 12.1 Å². The van der Waals surface area contributed by atoms with Crippen LogP contribution in [0.2, 0.25) is 0 Å². The van der Waals surface area contributed by atoms with Crippen LogP contribution in [-0.4, -0.2) is 24.1 Å². The Morgan fingerprint density at radius 1 is 1.29 bits per heavy atom. The molecule has 94 valence electrons. The van der Waals surface area contributed by atoms with E-state index in [-0.39, 0.29) is 18.2 Å². The molecule has 0 spiro atoms. The van der Waals surface area contributed by atoms with Crippen molar-refractivity contribution in [3.8, 4) is 0 Å². The van der Waals surface area contributed by atoms with Crippen LogP contribution in [0.4, 0.5) is 8.78 Å². The van der Waals surface area contributed by atoms with Gasteiger partial charge >= 0.3 is 0 Å². The monoisotopic (exact) mass is 257 g/mol. The lowest BCUT2D eigenvalue weighted by atomic mass is 10.1. The molecule has 1 atom stereocenters. The predicted molar refractivity (Wildman–Crippen MR) is 68.7 cm³/mol. The Morgan fingerprint density at radius 3 is 2.71 bits per heavy atom. The molecule has 1 aliphatic heterocycles. The SMILES string of the molecule is FC(F)(CNC1CCCSC1)c1ccccc1. The second-order valence-electron chi connectivity index (χ2n) is 4.37. The third-order valence-electron chi connectivity index (χ3n) is 2.97. The van der Waals surface area contributed by atoms with Gasteiger partial charge in [0.15, 0.2) is 0 Å². The fourth-order valence-electron chi connectivity index (χ4n) is 1.96. The number of benzene rings is 1. The second kappa shape index (κ2) is 5.83. The number of thioether (sulfide) groups is 1. The third-order valence-corrected chi connectivity index (χ3v) is 4.18. The van der Waals surface area contributed by atoms with Gasteiger partial charge in [0.2, 0.25) is 0 Å². The van der Waals surface area contributed by atoms with Gasteiger partial charge in [0.1, 0.15) is 0 Å². The quantitative estimate of drug-likeness (QED) is 0.888. The van der Waals surface area contributed by atoms with Gasteiger partial charge in [0.05, 0.1) is 6.54 Å². The largest absolute Gasteiger partial charge is 0.307 e. The highest BCUT2D eigenvalue weighted by Crippen LogP contribution is 2.27. The van der Waals surface area contributed by atoms with Crippen LogP contribution in [0.5, 0.6) is 0 Å². The first-order valence-electron chi connectivity index (χ1n) is 5.93. The minimum absolute atomic E-state index is 0.0935. The topological polar surface area (TPSA) is 12.0 Å². The van der Waals surface area contributed by atoms with Crippen LogP contribution in [0.15, 0.2) is 30.3 Å². The lowest BCUT2D eigenvalue weighted by Crippen LogP contribution is -2.40. The van der Waals surface area contributed by atoms with Crippen LogP contribution in [0.1, 0.15) is 18.4 Å². The van der Waals surface area contributed by atoms with Crippen molar-refractivity contribution < 1.29 is 8.78 Å². The van der Waals surface area contributed by atoms with Gasteiger partial charge in [-0.15, -0.1) is 0 Å². The first-order chi connectivity index (χ1) is 8.18. The summed E-state index contributed by atoms with van der Waals surface area (Å²) in [6, 6.07) is 8.27. The molecule has 1 nitrogen and oxygen atoms in total. The zero-order valence-electron chi connectivity index (χ0n) is 9.66. The van der Waals surface area contributed by atoms with Crippen LogP contribution in [0.3, 0.4) is 0 Å². The summed E-state index contributed by atoms with van der Waals surface area (Å²) in [5.74, 6) is -0.665. The maximum absolute atomic E-state index is 13.8. The predicted octanol–water partition coefficient (Wildman–Crippen LogP) is 3.26. The van der Waals surface area contributed by atoms with E-state index in [4.69, 9.17) is 0 Å². The van der Waals surface area contributed by atoms with Gasteiger partial charge in [-0.1, -0.05) is 30.3 Å². The summed E-state index contributed by atoms with van der Waals surface area (Å²) in [6.45, 7) is -0.262. The smallest absolute Gasteiger partial charge is 0.285 e. The summed E-state index contributed by atoms with van der Waals surface area (Å²) in [5.41, 5.74) is 0.0935. The van der Waals surface area contributed by atoms with Crippen LogP contribution in [0.25, 0.3) is 0 Å². The van der Waals surface area contributed by atoms with Crippen molar-refractivity contribution in [3.05, 3.63) is 35.9 Å². The lowest BCUT2D eigenvalue weighted by Gasteiger charge is -2.25. The zero-order chi connectivity index (χ0) is 12.1. The fourth-order valence-corrected chi connectivity index (χ4v) is 3.06. The number of halogens is 2. The first-order valence-corrected chi connectivity index (χ1v) is 7.08. The van der Waals surface area contributed by atoms with E-state index in [9.17, 15) is 8.78 Å². The zero-order valence-corrected chi connectivity index (χ0v) is 10.5. The third kappa shape index (κ3) is 3.68. The van der Waals surface area contributed by atoms with Crippen molar-refractivity contribution in [2.45, 2.75) is 24.8 Å². The Balaban J connectivity index is 1.88. The molecular weight excluding hydrogens is 240 g/mol. The first kappa shape index (κ1) is 12.8. The van der Waals surface area contributed by atoms with Gasteiger partial charge in [-0.25, -0.2) is 0 Å². The molecule has 1 unspecified atom stereocenters. The number of alkyl halides is 2. The van der Waals surface area contributed by atoms with E-state index in [1.807, 2.05) is 11.8 Å². The molecule has 17 heavy (non-hydrogen) atoms. The summed E-state index contributed by atoms with van der Waals surface area (Å²) < 4.78 is 27.7. The average molecular weight is 257 g/mol. The number of rotatable bonds is 4. The van der Waals surface area contributed by atoms with E-state index in [1.54, 1.807) is 18.2 Å².